The summed E-state index contributed by atoms with van der Waals surface area (Å²) in [6.07, 6.45) is 13.0. The van der Waals surface area contributed by atoms with Gasteiger partial charge in [0.1, 0.15) is 0 Å². The highest BCUT2D eigenvalue weighted by molar-refractivity contribution is 5.83. The van der Waals surface area contributed by atoms with E-state index in [1.54, 1.807) is 0 Å². The molecule has 3 heteroatoms. The summed E-state index contributed by atoms with van der Waals surface area (Å²) < 4.78 is 0. The van der Waals surface area contributed by atoms with Gasteiger partial charge in [0, 0.05) is 13.0 Å². The molecule has 0 bridgehead atoms. The van der Waals surface area contributed by atoms with E-state index in [1.807, 2.05) is 0 Å². The maximum atomic E-state index is 10.0. The van der Waals surface area contributed by atoms with Crippen LogP contribution < -0.4 is 5.32 Å². The van der Waals surface area contributed by atoms with Gasteiger partial charge in [0.15, 0.2) is 0 Å². The third-order valence-electron chi connectivity index (χ3n) is 4.43. The normalized spacial score (nSPS) is 19.7. The lowest BCUT2D eigenvalue weighted by atomic mass is 10.0. The fraction of sp³-hybridized carbons (Fsp3) is 0.944. The van der Waals surface area contributed by atoms with Gasteiger partial charge in [-0.25, -0.2) is 0 Å². The molecule has 0 aromatic rings. The highest BCUT2D eigenvalue weighted by Gasteiger charge is 2.25. The smallest absolute Gasteiger partial charge is 0.0969 e. The molecule has 0 fully saturated rings. The molecule has 0 aromatic heterocycles. The van der Waals surface area contributed by atoms with E-state index in [9.17, 15) is 5.11 Å². The molecule has 1 aliphatic rings. The second kappa shape index (κ2) is 11.1. The van der Waals surface area contributed by atoms with E-state index in [0.717, 1.165) is 18.8 Å². The number of hydrogen-bond acceptors (Lipinski definition) is 3. The minimum Gasteiger partial charge on any atom is -0.391 e. The van der Waals surface area contributed by atoms with Crippen LogP contribution in [0.15, 0.2) is 4.99 Å². The van der Waals surface area contributed by atoms with E-state index in [1.165, 1.54) is 57.8 Å². The Balaban J connectivity index is 2.00. The molecule has 2 N–H and O–H groups in total. The quantitative estimate of drug-likeness (QED) is 0.528. The minimum absolute atomic E-state index is 0.0681. The number of aliphatic imine (C=N–C) groups is 1. The summed E-state index contributed by atoms with van der Waals surface area (Å²) in [6.45, 7) is 7.19. The number of nitrogens with one attached hydrogen (secondary N) is 1. The second-order valence-electron chi connectivity index (χ2n) is 6.84. The van der Waals surface area contributed by atoms with Gasteiger partial charge < -0.3 is 10.4 Å². The van der Waals surface area contributed by atoms with E-state index in [-0.39, 0.29) is 18.1 Å². The van der Waals surface area contributed by atoms with Crippen LogP contribution in [0.3, 0.4) is 0 Å². The van der Waals surface area contributed by atoms with Crippen molar-refractivity contribution in [1.29, 1.82) is 0 Å². The van der Waals surface area contributed by atoms with Gasteiger partial charge in [-0.2, -0.15) is 0 Å². The van der Waals surface area contributed by atoms with E-state index < -0.39 is 0 Å². The van der Waals surface area contributed by atoms with Crippen LogP contribution in [0, 0.1) is 5.92 Å². The molecule has 2 atom stereocenters. The molecule has 3 nitrogen and oxygen atoms in total. The molecular weight excluding hydrogens is 260 g/mol. The highest BCUT2D eigenvalue weighted by atomic mass is 16.3. The monoisotopic (exact) mass is 296 g/mol. The third-order valence-corrected chi connectivity index (χ3v) is 4.43. The van der Waals surface area contributed by atoms with Crippen LogP contribution in [0.2, 0.25) is 0 Å². The van der Waals surface area contributed by atoms with E-state index in [0.29, 0.717) is 0 Å². The first kappa shape index (κ1) is 18.5. The molecule has 1 aliphatic heterocycles. The van der Waals surface area contributed by atoms with Crippen molar-refractivity contribution in [3.05, 3.63) is 0 Å². The van der Waals surface area contributed by atoms with Gasteiger partial charge in [-0.1, -0.05) is 72.1 Å². The maximum Gasteiger partial charge on any atom is 0.0969 e. The van der Waals surface area contributed by atoms with Gasteiger partial charge in [0.05, 0.1) is 18.0 Å². The predicted octanol–water partition coefficient (Wildman–Crippen LogP) is 4.29. The van der Waals surface area contributed by atoms with Gasteiger partial charge in [0.2, 0.25) is 0 Å². The first-order valence-electron chi connectivity index (χ1n) is 9.13. The number of hydrogen-bond donors (Lipinski definition) is 2. The molecule has 0 spiro atoms. The largest absolute Gasteiger partial charge is 0.391 e. The Hall–Kier alpha value is -0.570. The standard InChI is InChI=1S/C18H36N2O/c1-4-5-6-7-8-9-10-11-12-13-17-19-14-16(20-17)18(21)15(2)3/h15-16,18,21H,4-14H2,1-3H3,(H,19,20). The van der Waals surface area contributed by atoms with E-state index >= 15 is 0 Å². The lowest BCUT2D eigenvalue weighted by Crippen LogP contribution is -2.33. The Morgan fingerprint density at radius 3 is 2.19 bits per heavy atom. The first-order valence-corrected chi connectivity index (χ1v) is 9.13. The summed E-state index contributed by atoms with van der Waals surface area (Å²) in [6, 6.07) is 0.0681. The lowest BCUT2D eigenvalue weighted by Gasteiger charge is -2.18. The van der Waals surface area contributed by atoms with Gasteiger partial charge >= 0.3 is 0 Å². The van der Waals surface area contributed by atoms with Crippen LogP contribution in [0.5, 0.6) is 0 Å². The molecule has 0 aliphatic carbocycles. The molecule has 1 heterocycles. The molecular formula is C18H36N2O. The van der Waals surface area contributed by atoms with Crippen LogP contribution in [0.4, 0.5) is 0 Å². The molecule has 2 unspecified atom stereocenters. The molecule has 0 amide bonds. The Morgan fingerprint density at radius 1 is 1.05 bits per heavy atom. The Kier molecular flexibility index (Phi) is 9.73. The number of rotatable bonds is 12. The highest BCUT2D eigenvalue weighted by Crippen LogP contribution is 2.15. The topological polar surface area (TPSA) is 44.6 Å². The molecule has 0 aromatic carbocycles. The van der Waals surface area contributed by atoms with E-state index in [4.69, 9.17) is 0 Å². The number of unbranched alkanes of at least 4 members (excludes halogenated alkanes) is 8. The summed E-state index contributed by atoms with van der Waals surface area (Å²) in [5.41, 5.74) is 0. The van der Waals surface area contributed by atoms with Crippen LogP contribution in [0.1, 0.15) is 85.0 Å². The van der Waals surface area contributed by atoms with Crippen LogP contribution in [-0.2, 0) is 0 Å². The van der Waals surface area contributed by atoms with Crippen molar-refractivity contribution in [3.8, 4) is 0 Å². The van der Waals surface area contributed by atoms with Crippen LogP contribution in [-0.4, -0.2) is 29.6 Å². The van der Waals surface area contributed by atoms with Gasteiger partial charge in [0.25, 0.3) is 0 Å². The average Bonchev–Trinajstić information content (AvgIpc) is 2.93. The zero-order valence-corrected chi connectivity index (χ0v) is 14.4. The zero-order valence-electron chi connectivity index (χ0n) is 14.4. The zero-order chi connectivity index (χ0) is 15.5. The minimum atomic E-state index is -0.307. The summed E-state index contributed by atoms with van der Waals surface area (Å²) in [5, 5.41) is 13.4. The fourth-order valence-corrected chi connectivity index (χ4v) is 2.91. The van der Waals surface area contributed by atoms with Gasteiger partial charge in [-0.05, 0) is 12.3 Å². The Bertz CT molecular complexity index is 289. The summed E-state index contributed by atoms with van der Waals surface area (Å²) in [5.74, 6) is 1.40. The van der Waals surface area contributed by atoms with Gasteiger partial charge in [-0.3, -0.25) is 4.99 Å². The van der Waals surface area contributed by atoms with Crippen LogP contribution >= 0.6 is 0 Å². The van der Waals surface area contributed by atoms with Crippen LogP contribution in [0.25, 0.3) is 0 Å². The number of nitrogens with zero attached hydrogens (tertiary/aromatic N) is 1. The van der Waals surface area contributed by atoms with Gasteiger partial charge in [-0.15, -0.1) is 0 Å². The summed E-state index contributed by atoms with van der Waals surface area (Å²) in [4.78, 5) is 4.63. The van der Waals surface area contributed by atoms with Crippen molar-refractivity contribution < 1.29 is 5.11 Å². The number of aliphatic hydroxyl groups is 1. The van der Waals surface area contributed by atoms with Crippen molar-refractivity contribution in [2.24, 2.45) is 10.9 Å². The SMILES string of the molecule is CCCCCCCCCCCC1=NC(C(O)C(C)C)CN1. The van der Waals surface area contributed by atoms with Crippen molar-refractivity contribution in [2.45, 2.75) is 97.1 Å². The van der Waals surface area contributed by atoms with Crippen molar-refractivity contribution in [2.75, 3.05) is 6.54 Å². The van der Waals surface area contributed by atoms with E-state index in [2.05, 4.69) is 31.1 Å². The lowest BCUT2D eigenvalue weighted by molar-refractivity contribution is 0.103. The number of amidine groups is 1. The molecule has 0 radical (unpaired) electrons. The molecule has 21 heavy (non-hydrogen) atoms. The summed E-state index contributed by atoms with van der Waals surface area (Å²) >= 11 is 0. The fourth-order valence-electron chi connectivity index (χ4n) is 2.91. The predicted molar refractivity (Wildman–Crippen MR) is 91.9 cm³/mol. The van der Waals surface area contributed by atoms with Crippen molar-refractivity contribution in [3.63, 3.8) is 0 Å². The summed E-state index contributed by atoms with van der Waals surface area (Å²) in [7, 11) is 0. The third kappa shape index (κ3) is 7.85. The second-order valence-corrected chi connectivity index (χ2v) is 6.84. The van der Waals surface area contributed by atoms with Crippen molar-refractivity contribution in [1.82, 2.24) is 5.32 Å². The molecule has 0 saturated heterocycles. The molecule has 124 valence electrons. The maximum absolute atomic E-state index is 10.0. The molecule has 0 saturated carbocycles. The molecule has 1 rings (SSSR count). The van der Waals surface area contributed by atoms with Crippen molar-refractivity contribution >= 4 is 5.84 Å². The first-order chi connectivity index (χ1) is 10.1. The Labute approximate surface area is 131 Å². The number of aliphatic hydroxyl groups excluding tert-OH is 1. The average molecular weight is 296 g/mol. The Morgan fingerprint density at radius 2 is 1.62 bits per heavy atom.